The van der Waals surface area contributed by atoms with E-state index in [0.717, 1.165) is 25.1 Å². The van der Waals surface area contributed by atoms with Crippen LogP contribution in [0.2, 0.25) is 0 Å². The molecular weight excluding hydrogens is 442 g/mol. The predicted molar refractivity (Wildman–Crippen MR) is 127 cm³/mol. The van der Waals surface area contributed by atoms with Gasteiger partial charge in [0.1, 0.15) is 0 Å². The van der Waals surface area contributed by atoms with E-state index in [1.807, 2.05) is 6.07 Å². The van der Waals surface area contributed by atoms with Gasteiger partial charge in [-0.3, -0.25) is 9.78 Å². The zero-order valence-corrected chi connectivity index (χ0v) is 18.6. The van der Waals surface area contributed by atoms with Gasteiger partial charge in [0.15, 0.2) is 5.69 Å². The summed E-state index contributed by atoms with van der Waals surface area (Å²) in [4.78, 5) is 23.8. The number of nitrogens with one attached hydrogen (secondary N) is 1. The number of benzene rings is 1. The van der Waals surface area contributed by atoms with Crippen molar-refractivity contribution in [2.75, 3.05) is 29.0 Å². The molecule has 2 aromatic heterocycles. The van der Waals surface area contributed by atoms with E-state index in [9.17, 15) is 13.2 Å². The molecule has 4 rings (SSSR count). The standard InChI is InChI=1S/C22H25N7O3S/c23-15-2-1-11-29(13-15)20-9-10-26-12-19(20)28-22(30)21-17(24)7-8-18(27-21)14-3-5-16(6-4-14)33(25,31)32/h3-10,12,15H,1-2,11,13,23-24H2,(H,28,30)(H2,25,31,32)/t15-/m0/s1. The van der Waals surface area contributed by atoms with Crippen molar-refractivity contribution >= 4 is 33.0 Å². The normalized spacial score (nSPS) is 16.4. The molecule has 1 atom stereocenters. The maximum Gasteiger partial charge on any atom is 0.276 e. The summed E-state index contributed by atoms with van der Waals surface area (Å²) in [6.07, 6.45) is 5.19. The minimum atomic E-state index is -3.80. The van der Waals surface area contributed by atoms with Gasteiger partial charge in [-0.05, 0) is 43.2 Å². The topological polar surface area (TPSA) is 170 Å². The van der Waals surface area contributed by atoms with E-state index in [-0.39, 0.29) is 22.3 Å². The molecule has 0 saturated carbocycles. The zero-order valence-electron chi connectivity index (χ0n) is 17.8. The Morgan fingerprint density at radius 3 is 2.58 bits per heavy atom. The van der Waals surface area contributed by atoms with Crippen LogP contribution in [0.15, 0.2) is 59.8 Å². The van der Waals surface area contributed by atoms with Crippen LogP contribution >= 0.6 is 0 Å². The van der Waals surface area contributed by atoms with Crippen molar-refractivity contribution in [2.45, 2.75) is 23.8 Å². The highest BCUT2D eigenvalue weighted by atomic mass is 32.2. The quantitative estimate of drug-likeness (QED) is 0.438. The maximum absolute atomic E-state index is 13.1. The Kier molecular flexibility index (Phi) is 6.27. The Morgan fingerprint density at radius 2 is 1.88 bits per heavy atom. The number of anilines is 3. The largest absolute Gasteiger partial charge is 0.397 e. The van der Waals surface area contributed by atoms with E-state index in [1.165, 1.54) is 12.1 Å². The van der Waals surface area contributed by atoms with Crippen LogP contribution in [-0.2, 0) is 10.0 Å². The molecule has 33 heavy (non-hydrogen) atoms. The molecule has 11 heteroatoms. The van der Waals surface area contributed by atoms with E-state index >= 15 is 0 Å². The third-order valence-electron chi connectivity index (χ3n) is 5.46. The van der Waals surface area contributed by atoms with Crippen molar-refractivity contribution in [3.05, 3.63) is 60.6 Å². The lowest BCUT2D eigenvalue weighted by Gasteiger charge is -2.33. The Morgan fingerprint density at radius 1 is 1.12 bits per heavy atom. The molecule has 1 saturated heterocycles. The fourth-order valence-corrected chi connectivity index (χ4v) is 4.31. The van der Waals surface area contributed by atoms with Crippen LogP contribution in [0.1, 0.15) is 23.3 Å². The summed E-state index contributed by atoms with van der Waals surface area (Å²) < 4.78 is 23.0. The number of rotatable bonds is 5. The summed E-state index contributed by atoms with van der Waals surface area (Å²) in [5.74, 6) is -0.480. The van der Waals surface area contributed by atoms with Crippen molar-refractivity contribution in [3.8, 4) is 11.3 Å². The highest BCUT2D eigenvalue weighted by molar-refractivity contribution is 7.89. The molecule has 1 aliphatic rings. The van der Waals surface area contributed by atoms with Gasteiger partial charge in [-0.1, -0.05) is 12.1 Å². The van der Waals surface area contributed by atoms with Gasteiger partial charge in [0.05, 0.1) is 33.8 Å². The number of carbonyl (C=O) groups excluding carboxylic acids is 1. The van der Waals surface area contributed by atoms with Crippen molar-refractivity contribution in [1.82, 2.24) is 9.97 Å². The lowest BCUT2D eigenvalue weighted by molar-refractivity contribution is 0.102. The van der Waals surface area contributed by atoms with E-state index in [1.54, 1.807) is 36.7 Å². The van der Waals surface area contributed by atoms with Gasteiger partial charge in [0, 0.05) is 30.9 Å². The van der Waals surface area contributed by atoms with Gasteiger partial charge in [0.25, 0.3) is 5.91 Å². The molecule has 0 radical (unpaired) electrons. The number of aromatic nitrogens is 2. The van der Waals surface area contributed by atoms with Crippen molar-refractivity contribution < 1.29 is 13.2 Å². The number of hydrogen-bond acceptors (Lipinski definition) is 8. The number of hydrogen-bond donors (Lipinski definition) is 4. The number of primary sulfonamides is 1. The summed E-state index contributed by atoms with van der Waals surface area (Å²) in [6, 6.07) is 11.1. The Hall–Kier alpha value is -3.54. The molecule has 172 valence electrons. The second-order valence-corrected chi connectivity index (χ2v) is 9.46. The van der Waals surface area contributed by atoms with E-state index in [2.05, 4.69) is 20.2 Å². The number of pyridine rings is 2. The third kappa shape index (κ3) is 5.11. The Bertz CT molecular complexity index is 1280. The molecule has 1 amide bonds. The summed E-state index contributed by atoms with van der Waals surface area (Å²) in [6.45, 7) is 1.53. The van der Waals surface area contributed by atoms with Gasteiger partial charge >= 0.3 is 0 Å². The Labute approximate surface area is 191 Å². The second kappa shape index (κ2) is 9.14. The molecule has 0 bridgehead atoms. The number of nitrogens with two attached hydrogens (primary N) is 3. The molecule has 3 aromatic rings. The Balaban J connectivity index is 1.60. The first-order valence-corrected chi connectivity index (χ1v) is 11.9. The number of carbonyl (C=O) groups is 1. The third-order valence-corrected chi connectivity index (χ3v) is 6.39. The highest BCUT2D eigenvalue weighted by Crippen LogP contribution is 2.28. The van der Waals surface area contributed by atoms with Crippen LogP contribution in [0.25, 0.3) is 11.3 Å². The van der Waals surface area contributed by atoms with Crippen LogP contribution in [0.3, 0.4) is 0 Å². The second-order valence-electron chi connectivity index (χ2n) is 7.90. The molecule has 7 N–H and O–H groups in total. The van der Waals surface area contributed by atoms with E-state index in [4.69, 9.17) is 16.6 Å². The molecule has 0 spiro atoms. The average molecular weight is 468 g/mol. The van der Waals surface area contributed by atoms with Gasteiger partial charge in [0.2, 0.25) is 10.0 Å². The SMILES string of the molecule is Nc1ccc(-c2ccc(S(N)(=O)=O)cc2)nc1C(=O)Nc1cnccc1N1CCC[C@H](N)C1. The number of nitrogens with zero attached hydrogens (tertiary/aromatic N) is 3. The van der Waals surface area contributed by atoms with Gasteiger partial charge < -0.3 is 21.7 Å². The van der Waals surface area contributed by atoms with Gasteiger partial charge in [-0.15, -0.1) is 0 Å². The predicted octanol–water partition coefficient (Wildman–Crippen LogP) is 1.55. The summed E-state index contributed by atoms with van der Waals surface area (Å²) >= 11 is 0. The first-order chi connectivity index (χ1) is 15.7. The van der Waals surface area contributed by atoms with Crippen LogP contribution in [0.5, 0.6) is 0 Å². The van der Waals surface area contributed by atoms with Crippen LogP contribution in [-0.4, -0.2) is 43.4 Å². The summed E-state index contributed by atoms with van der Waals surface area (Å²) in [7, 11) is -3.80. The molecule has 1 aromatic carbocycles. The molecular formula is C22H25N7O3S. The van der Waals surface area contributed by atoms with Gasteiger partial charge in [-0.2, -0.15) is 0 Å². The maximum atomic E-state index is 13.1. The smallest absolute Gasteiger partial charge is 0.276 e. The fourth-order valence-electron chi connectivity index (χ4n) is 3.80. The van der Waals surface area contributed by atoms with Gasteiger partial charge in [-0.25, -0.2) is 18.5 Å². The number of sulfonamides is 1. The molecule has 1 fully saturated rings. The molecule has 0 unspecified atom stereocenters. The lowest BCUT2D eigenvalue weighted by Crippen LogP contribution is -2.43. The minimum absolute atomic E-state index is 0.0128. The molecule has 3 heterocycles. The molecule has 1 aliphatic heterocycles. The fraction of sp³-hybridized carbons (Fsp3) is 0.227. The van der Waals surface area contributed by atoms with Crippen LogP contribution < -0.4 is 26.8 Å². The zero-order chi connectivity index (χ0) is 23.6. The van der Waals surface area contributed by atoms with E-state index < -0.39 is 15.9 Å². The number of nitrogen functional groups attached to an aromatic ring is 1. The van der Waals surface area contributed by atoms with Crippen molar-refractivity contribution in [1.29, 1.82) is 0 Å². The van der Waals surface area contributed by atoms with Crippen molar-refractivity contribution in [2.24, 2.45) is 10.9 Å². The van der Waals surface area contributed by atoms with E-state index in [0.29, 0.717) is 23.5 Å². The average Bonchev–Trinajstić information content (AvgIpc) is 2.79. The highest BCUT2D eigenvalue weighted by Gasteiger charge is 2.21. The molecule has 10 nitrogen and oxygen atoms in total. The molecule has 0 aliphatic carbocycles. The first kappa shape index (κ1) is 22.6. The summed E-state index contributed by atoms with van der Waals surface area (Å²) in [5.41, 5.74) is 14.9. The van der Waals surface area contributed by atoms with Crippen LogP contribution in [0.4, 0.5) is 17.1 Å². The monoisotopic (exact) mass is 467 g/mol. The van der Waals surface area contributed by atoms with Crippen LogP contribution in [0, 0.1) is 0 Å². The number of piperidine rings is 1. The summed E-state index contributed by atoms with van der Waals surface area (Å²) in [5, 5.41) is 8.01. The van der Waals surface area contributed by atoms with Crippen molar-refractivity contribution in [3.63, 3.8) is 0 Å². The number of amides is 1. The lowest BCUT2D eigenvalue weighted by atomic mass is 10.1. The first-order valence-electron chi connectivity index (χ1n) is 10.4. The minimum Gasteiger partial charge on any atom is -0.397 e.